The summed E-state index contributed by atoms with van der Waals surface area (Å²) in [6.07, 6.45) is 2.15. The lowest BCUT2D eigenvalue weighted by molar-refractivity contribution is 0.170. The number of hydrogen-bond acceptors (Lipinski definition) is 7. The van der Waals surface area contributed by atoms with E-state index < -0.39 is 0 Å². The largest absolute Gasteiger partial charge is 0.396 e. The van der Waals surface area contributed by atoms with Gasteiger partial charge in [0, 0.05) is 20.3 Å². The molecule has 2 aromatic rings. The molecular formula is C12H20N6O2. The van der Waals surface area contributed by atoms with Crippen LogP contribution in [0.25, 0.3) is 11.2 Å². The van der Waals surface area contributed by atoms with Crippen LogP contribution in [0.1, 0.15) is 13.3 Å². The average molecular weight is 280 g/mol. The highest BCUT2D eigenvalue weighted by Gasteiger charge is 2.14. The molecule has 0 saturated heterocycles. The van der Waals surface area contributed by atoms with E-state index >= 15 is 0 Å². The van der Waals surface area contributed by atoms with Crippen LogP contribution < -0.4 is 10.6 Å². The van der Waals surface area contributed by atoms with E-state index in [1.54, 1.807) is 13.4 Å². The minimum absolute atomic E-state index is 0.0270. The van der Waals surface area contributed by atoms with E-state index in [1.807, 2.05) is 6.92 Å². The highest BCUT2D eigenvalue weighted by molar-refractivity contribution is 5.83. The molecule has 0 spiro atoms. The third-order valence-corrected chi connectivity index (χ3v) is 2.81. The maximum Gasteiger partial charge on any atom is 0.226 e. The fraction of sp³-hybridized carbons (Fsp3) is 0.583. The average Bonchev–Trinajstić information content (AvgIpc) is 2.88. The maximum atomic E-state index is 9.09. The second-order valence-corrected chi connectivity index (χ2v) is 4.34. The molecule has 8 heteroatoms. The number of aliphatic hydroxyl groups is 1. The van der Waals surface area contributed by atoms with Crippen LogP contribution in [-0.4, -0.2) is 58.0 Å². The first-order valence-corrected chi connectivity index (χ1v) is 6.59. The number of rotatable bonds is 8. The SMILES string of the molecule is CCNc1nc(NC(CCO)COC)c2[nH]cnc2n1. The lowest BCUT2D eigenvalue weighted by Gasteiger charge is -2.18. The molecule has 2 heterocycles. The van der Waals surface area contributed by atoms with Crippen LogP contribution in [-0.2, 0) is 4.74 Å². The van der Waals surface area contributed by atoms with Gasteiger partial charge in [-0.1, -0.05) is 0 Å². The van der Waals surface area contributed by atoms with Gasteiger partial charge in [-0.15, -0.1) is 0 Å². The fourth-order valence-electron chi connectivity index (χ4n) is 1.92. The Labute approximate surface area is 117 Å². The summed E-state index contributed by atoms with van der Waals surface area (Å²) in [5.41, 5.74) is 1.34. The predicted octanol–water partition coefficient (Wildman–Crippen LogP) is 0.594. The molecule has 0 aliphatic carbocycles. The molecule has 0 amide bonds. The van der Waals surface area contributed by atoms with Gasteiger partial charge in [0.2, 0.25) is 5.95 Å². The molecule has 1 atom stereocenters. The van der Waals surface area contributed by atoms with Gasteiger partial charge in [-0.25, -0.2) is 4.98 Å². The van der Waals surface area contributed by atoms with Crippen molar-refractivity contribution in [3.8, 4) is 0 Å². The van der Waals surface area contributed by atoms with Crippen molar-refractivity contribution in [2.24, 2.45) is 0 Å². The lowest BCUT2D eigenvalue weighted by atomic mass is 10.2. The van der Waals surface area contributed by atoms with Gasteiger partial charge in [0.25, 0.3) is 0 Å². The highest BCUT2D eigenvalue weighted by Crippen LogP contribution is 2.19. The number of aromatic nitrogens is 4. The molecule has 8 nitrogen and oxygen atoms in total. The van der Waals surface area contributed by atoms with E-state index in [0.29, 0.717) is 30.4 Å². The van der Waals surface area contributed by atoms with Gasteiger partial charge >= 0.3 is 0 Å². The third kappa shape index (κ3) is 3.34. The van der Waals surface area contributed by atoms with Crippen LogP contribution in [0.3, 0.4) is 0 Å². The van der Waals surface area contributed by atoms with Gasteiger partial charge in [-0.05, 0) is 13.3 Å². The summed E-state index contributed by atoms with van der Waals surface area (Å²) >= 11 is 0. The molecular weight excluding hydrogens is 260 g/mol. The Morgan fingerprint density at radius 1 is 1.45 bits per heavy atom. The molecule has 4 N–H and O–H groups in total. The number of imidazole rings is 1. The highest BCUT2D eigenvalue weighted by atomic mass is 16.5. The Morgan fingerprint density at radius 3 is 3.00 bits per heavy atom. The number of methoxy groups -OCH3 is 1. The zero-order valence-electron chi connectivity index (χ0n) is 11.7. The number of aromatic amines is 1. The van der Waals surface area contributed by atoms with Crippen molar-refractivity contribution in [2.45, 2.75) is 19.4 Å². The summed E-state index contributed by atoms with van der Waals surface area (Å²) in [7, 11) is 1.63. The first-order chi connectivity index (χ1) is 9.78. The fourth-order valence-corrected chi connectivity index (χ4v) is 1.92. The number of hydrogen-bond donors (Lipinski definition) is 4. The van der Waals surface area contributed by atoms with Crippen molar-refractivity contribution < 1.29 is 9.84 Å². The topological polar surface area (TPSA) is 108 Å². The number of nitrogens with zero attached hydrogens (tertiary/aromatic N) is 3. The Hall–Kier alpha value is -1.93. The van der Waals surface area contributed by atoms with E-state index in [4.69, 9.17) is 9.84 Å². The van der Waals surface area contributed by atoms with E-state index in [9.17, 15) is 0 Å². The first kappa shape index (κ1) is 14.5. The second-order valence-electron chi connectivity index (χ2n) is 4.34. The maximum absolute atomic E-state index is 9.09. The molecule has 110 valence electrons. The van der Waals surface area contributed by atoms with Gasteiger partial charge in [0.15, 0.2) is 11.5 Å². The van der Waals surface area contributed by atoms with E-state index in [1.165, 1.54) is 0 Å². The Balaban J connectivity index is 2.28. The molecule has 1 unspecified atom stereocenters. The van der Waals surface area contributed by atoms with Crippen molar-refractivity contribution in [2.75, 3.05) is 37.5 Å². The van der Waals surface area contributed by atoms with Gasteiger partial charge < -0.3 is 25.5 Å². The van der Waals surface area contributed by atoms with Gasteiger partial charge in [-0.2, -0.15) is 9.97 Å². The minimum Gasteiger partial charge on any atom is -0.396 e. The quantitative estimate of drug-likeness (QED) is 0.560. The zero-order chi connectivity index (χ0) is 14.4. The lowest BCUT2D eigenvalue weighted by Crippen LogP contribution is -2.27. The summed E-state index contributed by atoms with van der Waals surface area (Å²) < 4.78 is 5.14. The molecule has 0 saturated carbocycles. The van der Waals surface area contributed by atoms with Crippen LogP contribution in [0.15, 0.2) is 6.33 Å². The second kappa shape index (κ2) is 7.01. The summed E-state index contributed by atoms with van der Waals surface area (Å²) in [5.74, 6) is 1.17. The molecule has 2 rings (SSSR count). The van der Waals surface area contributed by atoms with E-state index in [-0.39, 0.29) is 12.6 Å². The van der Waals surface area contributed by atoms with Gasteiger partial charge in [0.1, 0.15) is 5.52 Å². The summed E-state index contributed by atoms with van der Waals surface area (Å²) in [6, 6.07) is -0.0270. The third-order valence-electron chi connectivity index (χ3n) is 2.81. The summed E-state index contributed by atoms with van der Waals surface area (Å²) in [6.45, 7) is 3.27. The number of fused-ring (bicyclic) bond motifs is 1. The van der Waals surface area contributed by atoms with Crippen LogP contribution in [0.2, 0.25) is 0 Å². The Kier molecular flexibility index (Phi) is 5.08. The summed E-state index contributed by atoms with van der Waals surface area (Å²) in [4.78, 5) is 15.9. The van der Waals surface area contributed by atoms with E-state index in [0.717, 1.165) is 12.1 Å². The van der Waals surface area contributed by atoms with Gasteiger partial charge in [0.05, 0.1) is 19.0 Å². The molecule has 0 bridgehead atoms. The normalized spacial score (nSPS) is 12.6. The van der Waals surface area contributed by atoms with Crippen molar-refractivity contribution in [3.05, 3.63) is 6.33 Å². The molecule has 2 aromatic heterocycles. The Bertz CT molecular complexity index is 538. The first-order valence-electron chi connectivity index (χ1n) is 6.59. The molecule has 0 aliphatic heterocycles. The number of H-pyrrole nitrogens is 1. The van der Waals surface area contributed by atoms with Crippen molar-refractivity contribution in [1.82, 2.24) is 19.9 Å². The minimum atomic E-state index is -0.0270. The van der Waals surface area contributed by atoms with Crippen LogP contribution in [0.4, 0.5) is 11.8 Å². The number of anilines is 2. The monoisotopic (exact) mass is 280 g/mol. The molecule has 0 radical (unpaired) electrons. The smallest absolute Gasteiger partial charge is 0.226 e. The van der Waals surface area contributed by atoms with Crippen molar-refractivity contribution in [1.29, 1.82) is 0 Å². The van der Waals surface area contributed by atoms with Crippen molar-refractivity contribution in [3.63, 3.8) is 0 Å². The molecule has 0 fully saturated rings. The zero-order valence-corrected chi connectivity index (χ0v) is 11.7. The van der Waals surface area contributed by atoms with Crippen LogP contribution in [0.5, 0.6) is 0 Å². The standard InChI is InChI=1S/C12H20N6O2/c1-3-13-12-17-10-9(14-7-15-10)11(18-12)16-8(4-5-19)6-20-2/h7-8,19H,3-6H2,1-2H3,(H3,13,14,15,16,17,18). The molecule has 20 heavy (non-hydrogen) atoms. The number of ether oxygens (including phenoxy) is 1. The number of nitrogens with one attached hydrogen (secondary N) is 3. The molecule has 0 aromatic carbocycles. The van der Waals surface area contributed by atoms with Gasteiger partial charge in [-0.3, -0.25) is 0 Å². The molecule has 0 aliphatic rings. The Morgan fingerprint density at radius 2 is 2.30 bits per heavy atom. The van der Waals surface area contributed by atoms with Crippen LogP contribution in [0, 0.1) is 0 Å². The van der Waals surface area contributed by atoms with Crippen LogP contribution >= 0.6 is 0 Å². The predicted molar refractivity (Wildman–Crippen MR) is 76.8 cm³/mol. The van der Waals surface area contributed by atoms with Crippen molar-refractivity contribution >= 4 is 22.9 Å². The summed E-state index contributed by atoms with van der Waals surface area (Å²) in [5, 5.41) is 15.4. The number of aliphatic hydroxyl groups excluding tert-OH is 1. The van der Waals surface area contributed by atoms with E-state index in [2.05, 4.69) is 30.6 Å².